The van der Waals surface area contributed by atoms with Crippen LogP contribution in [0, 0.1) is 5.41 Å². The largest absolute Gasteiger partial charge is 0.486 e. The van der Waals surface area contributed by atoms with Crippen LogP contribution in [0.5, 0.6) is 5.75 Å². The van der Waals surface area contributed by atoms with Crippen molar-refractivity contribution in [2.75, 3.05) is 6.61 Å². The van der Waals surface area contributed by atoms with E-state index >= 15 is 0 Å². The average molecular weight is 276 g/mol. The lowest BCUT2D eigenvalue weighted by molar-refractivity contribution is -0.0467. The second kappa shape index (κ2) is 5.69. The molecule has 20 heavy (non-hydrogen) atoms. The summed E-state index contributed by atoms with van der Waals surface area (Å²) in [6.07, 6.45) is 0. The lowest BCUT2D eigenvalue weighted by Crippen LogP contribution is -2.24. The molecule has 2 aromatic carbocycles. The van der Waals surface area contributed by atoms with E-state index in [1.807, 2.05) is 0 Å². The summed E-state index contributed by atoms with van der Waals surface area (Å²) in [6, 6.07) is 13.8. The van der Waals surface area contributed by atoms with Crippen LogP contribution in [-0.2, 0) is 5.92 Å². The van der Waals surface area contributed by atoms with Crippen LogP contribution >= 0.6 is 0 Å². The lowest BCUT2D eigenvalue weighted by Gasteiger charge is -2.18. The molecule has 0 aliphatic heterocycles. The molecular formula is C15H14F2N2O. The van der Waals surface area contributed by atoms with Gasteiger partial charge in [-0.3, -0.25) is 5.41 Å². The molecule has 0 saturated carbocycles. The second-order valence-corrected chi connectivity index (χ2v) is 4.27. The van der Waals surface area contributed by atoms with E-state index in [0.29, 0.717) is 5.56 Å². The molecule has 104 valence electrons. The number of para-hydroxylation sites is 1. The van der Waals surface area contributed by atoms with Crippen molar-refractivity contribution in [2.45, 2.75) is 5.92 Å². The maximum atomic E-state index is 14.0. The fraction of sp³-hybridized carbons (Fsp3) is 0.133. The fourth-order valence-corrected chi connectivity index (χ4v) is 1.75. The van der Waals surface area contributed by atoms with Crippen LogP contribution in [0.2, 0.25) is 0 Å². The Morgan fingerprint density at radius 2 is 1.65 bits per heavy atom. The number of rotatable bonds is 5. The molecule has 5 heteroatoms. The van der Waals surface area contributed by atoms with Crippen LogP contribution in [0.3, 0.4) is 0 Å². The Balaban J connectivity index is 2.15. The van der Waals surface area contributed by atoms with Gasteiger partial charge in [0.05, 0.1) is 5.56 Å². The van der Waals surface area contributed by atoms with Crippen molar-refractivity contribution in [3.8, 4) is 5.75 Å². The first kappa shape index (κ1) is 14.0. The molecule has 3 N–H and O–H groups in total. The predicted molar refractivity (Wildman–Crippen MR) is 73.3 cm³/mol. The number of benzene rings is 2. The van der Waals surface area contributed by atoms with Gasteiger partial charge in [-0.1, -0.05) is 42.5 Å². The van der Waals surface area contributed by atoms with Crippen LogP contribution in [0.1, 0.15) is 11.1 Å². The standard InChI is InChI=1S/C15H14F2N2O/c16-15(17,11-6-2-1-3-7-11)10-20-13-9-5-4-8-12(13)14(18)19/h1-9H,10H2,(H3,18,19). The molecule has 3 nitrogen and oxygen atoms in total. The topological polar surface area (TPSA) is 59.1 Å². The molecule has 0 spiro atoms. The number of nitrogen functional groups attached to an aromatic ring is 1. The molecule has 0 aromatic heterocycles. The number of halogens is 2. The number of ether oxygens (including phenoxy) is 1. The monoisotopic (exact) mass is 276 g/mol. The number of hydrogen-bond donors (Lipinski definition) is 2. The molecule has 0 saturated heterocycles. The Labute approximate surface area is 115 Å². The lowest BCUT2D eigenvalue weighted by atomic mass is 10.1. The first-order chi connectivity index (χ1) is 9.50. The highest BCUT2D eigenvalue weighted by molar-refractivity contribution is 5.97. The molecule has 0 fully saturated rings. The number of hydrogen-bond acceptors (Lipinski definition) is 2. The summed E-state index contributed by atoms with van der Waals surface area (Å²) in [5.41, 5.74) is 5.57. The zero-order chi connectivity index (χ0) is 14.6. The number of amidine groups is 1. The quantitative estimate of drug-likeness (QED) is 0.651. The molecule has 0 aliphatic carbocycles. The van der Waals surface area contributed by atoms with Crippen molar-refractivity contribution < 1.29 is 13.5 Å². The van der Waals surface area contributed by atoms with Gasteiger partial charge in [-0.05, 0) is 12.1 Å². The smallest absolute Gasteiger partial charge is 0.306 e. The Morgan fingerprint density at radius 3 is 2.30 bits per heavy atom. The number of nitrogens with one attached hydrogen (secondary N) is 1. The van der Waals surface area contributed by atoms with Crippen LogP contribution < -0.4 is 10.5 Å². The van der Waals surface area contributed by atoms with Crippen molar-refractivity contribution in [3.63, 3.8) is 0 Å². The summed E-state index contributed by atoms with van der Waals surface area (Å²) >= 11 is 0. The Bertz CT molecular complexity index is 600. The molecule has 2 aromatic rings. The molecule has 0 heterocycles. The summed E-state index contributed by atoms with van der Waals surface area (Å²) in [6.45, 7) is -0.804. The SMILES string of the molecule is N=C(N)c1ccccc1OCC(F)(F)c1ccccc1. The van der Waals surface area contributed by atoms with Crippen LogP contribution in [0.25, 0.3) is 0 Å². The molecule has 0 atom stereocenters. The maximum Gasteiger partial charge on any atom is 0.306 e. The highest BCUT2D eigenvalue weighted by atomic mass is 19.3. The van der Waals surface area contributed by atoms with Gasteiger partial charge in [0.25, 0.3) is 0 Å². The van der Waals surface area contributed by atoms with Gasteiger partial charge in [-0.2, -0.15) is 8.78 Å². The first-order valence-corrected chi connectivity index (χ1v) is 6.00. The minimum absolute atomic E-state index is 0.111. The molecule has 0 bridgehead atoms. The van der Waals surface area contributed by atoms with Crippen LogP contribution in [-0.4, -0.2) is 12.4 Å². The zero-order valence-electron chi connectivity index (χ0n) is 10.6. The normalized spacial score (nSPS) is 11.1. The summed E-state index contributed by atoms with van der Waals surface area (Å²) in [7, 11) is 0. The fourth-order valence-electron chi connectivity index (χ4n) is 1.75. The molecule has 0 amide bonds. The first-order valence-electron chi connectivity index (χ1n) is 6.00. The molecular weight excluding hydrogens is 262 g/mol. The Kier molecular flexibility index (Phi) is 3.98. The van der Waals surface area contributed by atoms with Gasteiger partial charge in [0.15, 0.2) is 6.61 Å². The molecule has 2 rings (SSSR count). The van der Waals surface area contributed by atoms with Crippen molar-refractivity contribution in [1.29, 1.82) is 5.41 Å². The van der Waals surface area contributed by atoms with Crippen LogP contribution in [0.4, 0.5) is 8.78 Å². The van der Waals surface area contributed by atoms with Gasteiger partial charge in [0.2, 0.25) is 0 Å². The van der Waals surface area contributed by atoms with E-state index in [0.717, 1.165) is 0 Å². The average Bonchev–Trinajstić information content (AvgIpc) is 2.46. The molecule has 0 radical (unpaired) electrons. The van der Waals surface area contributed by atoms with Gasteiger partial charge in [0, 0.05) is 5.56 Å². The molecule has 0 unspecified atom stereocenters. The number of alkyl halides is 2. The van der Waals surface area contributed by atoms with E-state index in [4.69, 9.17) is 15.9 Å². The third-order valence-electron chi connectivity index (χ3n) is 2.78. The number of nitrogens with two attached hydrogens (primary N) is 1. The molecule has 0 aliphatic rings. The Hall–Kier alpha value is -2.43. The van der Waals surface area contributed by atoms with E-state index < -0.39 is 12.5 Å². The van der Waals surface area contributed by atoms with E-state index in [1.165, 1.54) is 18.2 Å². The third kappa shape index (κ3) is 3.12. The minimum atomic E-state index is -3.11. The van der Waals surface area contributed by atoms with Gasteiger partial charge >= 0.3 is 5.92 Å². The third-order valence-corrected chi connectivity index (χ3v) is 2.78. The van der Waals surface area contributed by atoms with Crippen molar-refractivity contribution in [3.05, 3.63) is 65.7 Å². The summed E-state index contributed by atoms with van der Waals surface area (Å²) in [5, 5.41) is 7.38. The summed E-state index contributed by atoms with van der Waals surface area (Å²) in [4.78, 5) is 0. The second-order valence-electron chi connectivity index (χ2n) is 4.27. The van der Waals surface area contributed by atoms with E-state index in [9.17, 15) is 8.78 Å². The highest BCUT2D eigenvalue weighted by Gasteiger charge is 2.32. The van der Waals surface area contributed by atoms with Gasteiger partial charge in [-0.25, -0.2) is 0 Å². The van der Waals surface area contributed by atoms with Crippen molar-refractivity contribution >= 4 is 5.84 Å². The van der Waals surface area contributed by atoms with Crippen molar-refractivity contribution in [1.82, 2.24) is 0 Å². The zero-order valence-corrected chi connectivity index (χ0v) is 10.6. The van der Waals surface area contributed by atoms with Gasteiger partial charge < -0.3 is 10.5 Å². The highest BCUT2D eigenvalue weighted by Crippen LogP contribution is 2.29. The van der Waals surface area contributed by atoms with E-state index in [1.54, 1.807) is 36.4 Å². The van der Waals surface area contributed by atoms with E-state index in [-0.39, 0.29) is 17.1 Å². The van der Waals surface area contributed by atoms with Crippen molar-refractivity contribution in [2.24, 2.45) is 5.73 Å². The summed E-state index contributed by atoms with van der Waals surface area (Å²) < 4.78 is 33.1. The summed E-state index contributed by atoms with van der Waals surface area (Å²) in [5.74, 6) is -3.15. The maximum absolute atomic E-state index is 14.0. The predicted octanol–water partition coefficient (Wildman–Crippen LogP) is 3.14. The minimum Gasteiger partial charge on any atom is -0.486 e. The van der Waals surface area contributed by atoms with Crippen LogP contribution in [0.15, 0.2) is 54.6 Å². The Morgan fingerprint density at radius 1 is 1.05 bits per heavy atom. The van der Waals surface area contributed by atoms with Gasteiger partial charge in [-0.15, -0.1) is 0 Å². The van der Waals surface area contributed by atoms with Gasteiger partial charge in [0.1, 0.15) is 11.6 Å². The van der Waals surface area contributed by atoms with E-state index in [2.05, 4.69) is 0 Å².